The van der Waals surface area contributed by atoms with Crippen LogP contribution >= 0.6 is 0 Å². The van der Waals surface area contributed by atoms with Crippen LogP contribution in [0.1, 0.15) is 13.8 Å². The molecule has 0 bridgehead atoms. The Hall–Kier alpha value is -0.330. The van der Waals surface area contributed by atoms with Gasteiger partial charge in [-0.2, -0.15) is 0 Å². The lowest BCUT2D eigenvalue weighted by Crippen LogP contribution is -2.05. The summed E-state index contributed by atoms with van der Waals surface area (Å²) in [6.07, 6.45) is 0. The van der Waals surface area contributed by atoms with Crippen LogP contribution in [0, 0.1) is 0 Å². The van der Waals surface area contributed by atoms with E-state index >= 15 is 0 Å². The molecule has 0 fully saturated rings. The standard InChI is InChI=1S/C5H12N/c1-4-6(3)5-2/h3-5H2,1-2H3/q+1. The SMILES string of the molecule is C=[N+](CC)CC. The van der Waals surface area contributed by atoms with Gasteiger partial charge in [0.1, 0.15) is 19.8 Å². The Morgan fingerprint density at radius 1 is 1.33 bits per heavy atom. The minimum atomic E-state index is 1.05. The minimum absolute atomic E-state index is 1.05. The maximum absolute atomic E-state index is 3.71. The van der Waals surface area contributed by atoms with Crippen LogP contribution in [-0.4, -0.2) is 24.4 Å². The Kier molecular flexibility index (Phi) is 2.73. The quantitative estimate of drug-likeness (QED) is 0.344. The summed E-state index contributed by atoms with van der Waals surface area (Å²) in [7, 11) is 0. The highest BCUT2D eigenvalue weighted by molar-refractivity contribution is 5.14. The lowest BCUT2D eigenvalue weighted by atomic mass is 10.6. The lowest BCUT2D eigenvalue weighted by Gasteiger charge is -1.86. The molecule has 0 aromatic heterocycles. The third-order valence-electron chi connectivity index (χ3n) is 0.894. The third kappa shape index (κ3) is 1.94. The molecule has 0 saturated heterocycles. The van der Waals surface area contributed by atoms with Gasteiger partial charge in [-0.15, -0.1) is 0 Å². The van der Waals surface area contributed by atoms with Crippen LogP contribution in [-0.2, 0) is 0 Å². The summed E-state index contributed by atoms with van der Waals surface area (Å²) in [6, 6.07) is 0. The van der Waals surface area contributed by atoms with Gasteiger partial charge in [0.25, 0.3) is 0 Å². The normalized spacial score (nSPS) is 8.33. The second-order valence-corrected chi connectivity index (χ2v) is 1.30. The fourth-order valence-electron chi connectivity index (χ4n) is 0.224. The van der Waals surface area contributed by atoms with Gasteiger partial charge in [-0.1, -0.05) is 0 Å². The third-order valence-corrected chi connectivity index (χ3v) is 0.894. The summed E-state index contributed by atoms with van der Waals surface area (Å²) in [5.74, 6) is 0. The van der Waals surface area contributed by atoms with Crippen molar-refractivity contribution in [3.05, 3.63) is 0 Å². The van der Waals surface area contributed by atoms with E-state index in [1.165, 1.54) is 0 Å². The molecule has 0 aromatic rings. The Labute approximate surface area is 39.3 Å². The molecule has 1 nitrogen and oxygen atoms in total. The molecule has 0 saturated carbocycles. The lowest BCUT2D eigenvalue weighted by molar-refractivity contribution is -0.511. The molecule has 0 spiro atoms. The predicted molar refractivity (Wildman–Crippen MR) is 28.5 cm³/mol. The fraction of sp³-hybridized carbons (Fsp3) is 0.800. The molecular weight excluding hydrogens is 74.1 g/mol. The zero-order valence-electron chi connectivity index (χ0n) is 4.57. The van der Waals surface area contributed by atoms with Crippen molar-refractivity contribution in [2.75, 3.05) is 13.1 Å². The first-order valence-electron chi connectivity index (χ1n) is 2.36. The van der Waals surface area contributed by atoms with Crippen LogP contribution in [0.2, 0.25) is 0 Å². The van der Waals surface area contributed by atoms with Crippen LogP contribution in [0.25, 0.3) is 0 Å². The van der Waals surface area contributed by atoms with Gasteiger partial charge in [0.05, 0.1) is 0 Å². The van der Waals surface area contributed by atoms with Gasteiger partial charge in [-0.05, 0) is 13.8 Å². The average molecular weight is 86.2 g/mol. The molecule has 0 aromatic carbocycles. The van der Waals surface area contributed by atoms with Crippen LogP contribution in [0.3, 0.4) is 0 Å². The summed E-state index contributed by atoms with van der Waals surface area (Å²) >= 11 is 0. The monoisotopic (exact) mass is 86.1 g/mol. The molecule has 0 aliphatic rings. The number of nitrogens with zero attached hydrogens (tertiary/aromatic N) is 1. The highest BCUT2D eigenvalue weighted by Crippen LogP contribution is 1.64. The van der Waals surface area contributed by atoms with Gasteiger partial charge in [0.15, 0.2) is 0 Å². The van der Waals surface area contributed by atoms with Gasteiger partial charge >= 0.3 is 0 Å². The number of hydrogen-bond donors (Lipinski definition) is 0. The van der Waals surface area contributed by atoms with Gasteiger partial charge < -0.3 is 0 Å². The molecule has 0 aliphatic heterocycles. The summed E-state index contributed by atoms with van der Waals surface area (Å²) in [5, 5.41) is 0. The van der Waals surface area contributed by atoms with E-state index < -0.39 is 0 Å². The number of rotatable bonds is 2. The van der Waals surface area contributed by atoms with Gasteiger partial charge in [0.2, 0.25) is 0 Å². The maximum Gasteiger partial charge on any atom is 0.139 e. The first kappa shape index (κ1) is 5.67. The Morgan fingerprint density at radius 2 is 1.67 bits per heavy atom. The molecule has 0 unspecified atom stereocenters. The van der Waals surface area contributed by atoms with E-state index in [9.17, 15) is 0 Å². The summed E-state index contributed by atoms with van der Waals surface area (Å²) in [6.45, 7) is 10.0. The second kappa shape index (κ2) is 2.88. The smallest absolute Gasteiger partial charge is 0.139 e. The van der Waals surface area contributed by atoms with Gasteiger partial charge in [0, 0.05) is 0 Å². The molecule has 0 aliphatic carbocycles. The van der Waals surface area contributed by atoms with E-state index in [1.54, 1.807) is 0 Å². The summed E-state index contributed by atoms with van der Waals surface area (Å²) in [5.41, 5.74) is 0. The Morgan fingerprint density at radius 3 is 1.67 bits per heavy atom. The van der Waals surface area contributed by atoms with Crippen LogP contribution in [0.4, 0.5) is 0 Å². The molecule has 0 heterocycles. The van der Waals surface area contributed by atoms with Crippen molar-refractivity contribution in [1.29, 1.82) is 0 Å². The van der Waals surface area contributed by atoms with Crippen molar-refractivity contribution < 1.29 is 4.58 Å². The van der Waals surface area contributed by atoms with E-state index in [2.05, 4.69) is 20.6 Å². The summed E-state index contributed by atoms with van der Waals surface area (Å²) < 4.78 is 2.00. The van der Waals surface area contributed by atoms with Crippen molar-refractivity contribution in [3.63, 3.8) is 0 Å². The zero-order chi connectivity index (χ0) is 4.99. The highest BCUT2D eigenvalue weighted by Gasteiger charge is 1.82. The minimum Gasteiger partial charge on any atom is -0.243 e. The molecular formula is C5H12N+. The van der Waals surface area contributed by atoms with Crippen LogP contribution in [0.5, 0.6) is 0 Å². The molecule has 0 amide bonds. The predicted octanol–water partition coefficient (Wildman–Crippen LogP) is 0.739. The molecule has 0 rings (SSSR count). The fourth-order valence-corrected chi connectivity index (χ4v) is 0.224. The topological polar surface area (TPSA) is 3.01 Å². The van der Waals surface area contributed by atoms with Gasteiger partial charge in [-0.25, -0.2) is 4.58 Å². The largest absolute Gasteiger partial charge is 0.243 e. The van der Waals surface area contributed by atoms with E-state index in [0.29, 0.717) is 0 Å². The Balaban J connectivity index is 2.99. The van der Waals surface area contributed by atoms with Crippen molar-refractivity contribution in [1.82, 2.24) is 0 Å². The van der Waals surface area contributed by atoms with Crippen molar-refractivity contribution in [2.24, 2.45) is 0 Å². The Bertz CT molecular complexity index is 41.9. The molecule has 1 heteroatoms. The first-order chi connectivity index (χ1) is 2.81. The molecule has 6 heavy (non-hydrogen) atoms. The maximum atomic E-state index is 3.71. The van der Waals surface area contributed by atoms with Crippen LogP contribution in [0.15, 0.2) is 0 Å². The molecule has 0 N–H and O–H groups in total. The highest BCUT2D eigenvalue weighted by atomic mass is 14.9. The van der Waals surface area contributed by atoms with Gasteiger partial charge in [-0.3, -0.25) is 0 Å². The van der Waals surface area contributed by atoms with E-state index in [4.69, 9.17) is 0 Å². The van der Waals surface area contributed by atoms with E-state index in [1.807, 2.05) is 4.58 Å². The zero-order valence-corrected chi connectivity index (χ0v) is 4.57. The molecule has 0 atom stereocenters. The molecule has 0 radical (unpaired) electrons. The number of hydrogen-bond acceptors (Lipinski definition) is 0. The van der Waals surface area contributed by atoms with Crippen molar-refractivity contribution in [2.45, 2.75) is 13.8 Å². The van der Waals surface area contributed by atoms with Crippen molar-refractivity contribution >= 4 is 6.72 Å². The van der Waals surface area contributed by atoms with Crippen molar-refractivity contribution in [3.8, 4) is 0 Å². The second-order valence-electron chi connectivity index (χ2n) is 1.30. The first-order valence-corrected chi connectivity index (χ1v) is 2.36. The van der Waals surface area contributed by atoms with Crippen LogP contribution < -0.4 is 0 Å². The van der Waals surface area contributed by atoms with E-state index in [-0.39, 0.29) is 0 Å². The van der Waals surface area contributed by atoms with E-state index in [0.717, 1.165) is 13.1 Å². The average Bonchev–Trinajstić information content (AvgIpc) is 1.65. The molecule has 36 valence electrons. The summed E-state index contributed by atoms with van der Waals surface area (Å²) in [4.78, 5) is 0.